The first kappa shape index (κ1) is 91.5. The molecule has 15 atom stereocenters. The standard InChI is InChI=1S/C28H22N2O3.C21H20N2O3.C20H18N2O3.C20H26N2O3.C17H20N2O4/c31-28(23-14-8-3-9-15-23)30-19-18-25-27(24(30)17-16-21-10-4-1-5-11-21)33-29-26(32-25)20-22-12-6-2-7-13-22;1-15(24)23-13-12-18-21(20(23)17-10-6-3-7-11-17)26-22-19(25-18)14-16-8-4-2-5-9-16;1-14(23)22-13-12-17-19(18(22)15-8-4-2-5-9-15)25-21-20(24-17)16-10-6-3-7-11-16;1-3-4-5-9-12-17-19-18(13-14-22(17)15(2)23)24-20(21-25-19)16-10-7-6-8-11-16;1-3-13-16-14(9-10-19(13)17(20)21-2)22-15(18-23-16)11-12-7-5-4-6-8-12/h1-15,18-19,24-25,27H,20H2;2-13,18,20-21H,14H2,1H3;2-13,17-19H,1H3;6-8,10-11,13-14,17-19H,3-5,9,12H2,1-2H3;4-10,13-14,16H,3,11H2,1-2H3/t24-,25?,27-;18?,20-,21+;17?,18-,19+;17-,18?,19-;13-,14?,16-/m00000/s1. The Balaban J connectivity index is 0.000000127. The van der Waals surface area contributed by atoms with Crippen LogP contribution in [0.3, 0.4) is 0 Å². The number of methoxy groups -OCH3 is 1. The van der Waals surface area contributed by atoms with E-state index in [9.17, 15) is 24.0 Å². The van der Waals surface area contributed by atoms with Crippen molar-refractivity contribution < 1.29 is 76.6 Å². The molecular weight excluding hydrogens is 1670 g/mol. The van der Waals surface area contributed by atoms with Gasteiger partial charge in [-0.15, -0.1) is 0 Å². The predicted octanol–water partition coefficient (Wildman–Crippen LogP) is 17.7. The molecule has 9 aromatic rings. The summed E-state index contributed by atoms with van der Waals surface area (Å²) in [7, 11) is 1.36. The Morgan fingerprint density at radius 3 is 1.14 bits per heavy atom. The van der Waals surface area contributed by atoms with Gasteiger partial charge in [-0.1, -0.05) is 291 Å². The van der Waals surface area contributed by atoms with Gasteiger partial charge in [0.1, 0.15) is 18.1 Å². The van der Waals surface area contributed by atoms with Gasteiger partial charge in [0.15, 0.2) is 61.0 Å². The minimum atomic E-state index is -0.560. The topological polar surface area (TPSA) is 265 Å². The van der Waals surface area contributed by atoms with E-state index in [2.05, 4.69) is 44.5 Å². The van der Waals surface area contributed by atoms with E-state index in [1.54, 1.807) is 77.3 Å². The zero-order chi connectivity index (χ0) is 91.5. The average Bonchev–Trinajstić information content (AvgIpc) is 0.794. The van der Waals surface area contributed by atoms with Crippen LogP contribution in [0.1, 0.15) is 140 Å². The fourth-order valence-electron chi connectivity index (χ4n) is 16.7. The summed E-state index contributed by atoms with van der Waals surface area (Å²) < 4.78 is 35.1. The maximum atomic E-state index is 13.3. The lowest BCUT2D eigenvalue weighted by Crippen LogP contribution is -2.54. The lowest BCUT2D eigenvalue weighted by atomic mass is 9.93. The number of hydrogen-bond acceptors (Lipinski definition) is 21. The number of fused-ring (bicyclic) bond motifs is 5. The molecule has 26 nitrogen and oxygen atoms in total. The molecule has 0 spiro atoms. The highest BCUT2D eigenvalue weighted by Crippen LogP contribution is 2.40. The molecule has 5 amide bonds. The van der Waals surface area contributed by atoms with Crippen LogP contribution in [0.2, 0.25) is 0 Å². The van der Waals surface area contributed by atoms with Crippen LogP contribution in [0.4, 0.5) is 4.79 Å². The average molecular weight is 1780 g/mol. The second-order valence-electron chi connectivity index (χ2n) is 32.4. The van der Waals surface area contributed by atoms with E-state index >= 15 is 0 Å². The summed E-state index contributed by atoms with van der Waals surface area (Å²) in [5, 5.41) is 20.9. The molecule has 0 fully saturated rings. The normalized spacial score (nSPS) is 23.8. The number of rotatable bonds is 17. The number of oxime groups is 5. The lowest BCUT2D eigenvalue weighted by molar-refractivity contribution is -0.139. The van der Waals surface area contributed by atoms with Gasteiger partial charge in [-0.05, 0) is 130 Å². The third-order valence-electron chi connectivity index (χ3n) is 23.3. The molecule has 676 valence electrons. The summed E-state index contributed by atoms with van der Waals surface area (Å²) in [6.45, 7) is 8.87. The predicted molar refractivity (Wildman–Crippen MR) is 500 cm³/mol. The SMILES string of the molecule is CC(=O)N1C=CC2OC(Cc3ccccc3)=NO[C@H]2[C@@H]1c1ccccc1.CC(=O)N1C=CC2OC(c3ccccc3)=NO[C@H]2[C@@H]1c1ccccc1.CCCCCC[C@H]1[C@@H]2ON=C(c3ccccc3)OC2C=CN1C(C)=O.CC[C@H]1[C@@H]2ON=C(Cc3ccccc3)OC2C=CN1C(=O)OC.O=C(c1ccccc1)N1C=CC2OC(Cc3ccccc3)=NO[C@H]2[C@@H]1C#Cc1ccccc1. The first-order valence-electron chi connectivity index (χ1n) is 44.6. The molecule has 19 rings (SSSR count). The van der Waals surface area contributed by atoms with E-state index in [1.165, 1.54) is 31.3 Å². The Hall–Kier alpha value is -15.3. The van der Waals surface area contributed by atoms with Crippen molar-refractivity contribution in [3.63, 3.8) is 0 Å². The van der Waals surface area contributed by atoms with Gasteiger partial charge in [-0.3, -0.25) is 29.0 Å². The van der Waals surface area contributed by atoms with Crippen LogP contribution in [-0.4, -0.2) is 170 Å². The third kappa shape index (κ3) is 23.1. The molecule has 132 heavy (non-hydrogen) atoms. The van der Waals surface area contributed by atoms with Gasteiger partial charge < -0.3 is 67.3 Å². The quantitative estimate of drug-likeness (QED) is 0.0606. The highest BCUT2D eigenvalue weighted by atomic mass is 16.7. The number of ether oxygens (including phenoxy) is 6. The molecule has 9 aromatic carbocycles. The number of amides is 5. The first-order chi connectivity index (χ1) is 64.7. The molecule has 0 bridgehead atoms. The van der Waals surface area contributed by atoms with Crippen molar-refractivity contribution in [2.24, 2.45) is 25.8 Å². The Bertz CT molecular complexity index is 5750. The number of benzene rings is 9. The van der Waals surface area contributed by atoms with Gasteiger partial charge >= 0.3 is 6.09 Å². The van der Waals surface area contributed by atoms with Crippen molar-refractivity contribution in [1.29, 1.82) is 0 Å². The van der Waals surface area contributed by atoms with E-state index in [-0.39, 0.29) is 90.5 Å². The van der Waals surface area contributed by atoms with Gasteiger partial charge in [0, 0.05) is 74.0 Å². The smallest absolute Gasteiger partial charge is 0.413 e. The molecule has 0 saturated heterocycles. The molecule has 0 radical (unpaired) electrons. The number of hydrogen-bond donors (Lipinski definition) is 0. The molecule has 10 aliphatic rings. The molecule has 0 saturated carbocycles. The van der Waals surface area contributed by atoms with Gasteiger partial charge in [0.05, 0.1) is 38.5 Å². The summed E-state index contributed by atoms with van der Waals surface area (Å²) in [6, 6.07) is 86.4. The minimum Gasteiger partial charge on any atom is -0.467 e. The zero-order valence-corrected chi connectivity index (χ0v) is 74.3. The van der Waals surface area contributed by atoms with Crippen LogP contribution in [0, 0.1) is 11.8 Å². The molecule has 10 aliphatic heterocycles. The molecule has 0 aromatic heterocycles. The van der Waals surface area contributed by atoms with E-state index in [1.807, 2.05) is 304 Å². The minimum absolute atomic E-state index is 0.0247. The number of unbranched alkanes of at least 4 members (excludes halogenated alkanes) is 3. The van der Waals surface area contributed by atoms with Crippen LogP contribution < -0.4 is 0 Å². The summed E-state index contributed by atoms with van der Waals surface area (Å²) in [6.07, 6.45) is 22.3. The van der Waals surface area contributed by atoms with Crippen molar-refractivity contribution in [2.45, 2.75) is 184 Å². The van der Waals surface area contributed by atoms with E-state index in [0.717, 1.165) is 57.3 Å². The molecular formula is C106H106N10O16. The summed E-state index contributed by atoms with van der Waals surface area (Å²) in [4.78, 5) is 98.6. The Labute approximate surface area is 768 Å². The maximum Gasteiger partial charge on any atom is 0.413 e. The molecule has 5 unspecified atom stereocenters. The van der Waals surface area contributed by atoms with Gasteiger partial charge in [0.2, 0.25) is 35.4 Å². The Morgan fingerprint density at radius 2 is 0.705 bits per heavy atom. The Morgan fingerprint density at radius 1 is 0.356 bits per heavy atom. The van der Waals surface area contributed by atoms with E-state index in [4.69, 9.17) is 52.6 Å². The van der Waals surface area contributed by atoms with E-state index < -0.39 is 30.4 Å². The third-order valence-corrected chi connectivity index (χ3v) is 23.3. The van der Waals surface area contributed by atoms with Crippen molar-refractivity contribution in [3.8, 4) is 11.8 Å². The van der Waals surface area contributed by atoms with E-state index in [0.29, 0.717) is 60.7 Å². The van der Waals surface area contributed by atoms with Gasteiger partial charge in [-0.2, -0.15) is 0 Å². The molecule has 0 N–H and O–H groups in total. The summed E-state index contributed by atoms with van der Waals surface area (Å²) >= 11 is 0. The molecule has 10 heterocycles. The highest BCUT2D eigenvalue weighted by Gasteiger charge is 2.49. The van der Waals surface area contributed by atoms with Crippen LogP contribution in [-0.2, 0) is 86.3 Å². The van der Waals surface area contributed by atoms with Crippen LogP contribution in [0.15, 0.2) is 360 Å². The number of nitrogens with zero attached hydrogens (tertiary/aromatic N) is 10. The van der Waals surface area contributed by atoms with Crippen LogP contribution in [0.25, 0.3) is 0 Å². The fraction of sp³-hybridized carbons (Fsp3) is 0.283. The summed E-state index contributed by atoms with van der Waals surface area (Å²) in [5.74, 6) is 8.72. The fourth-order valence-corrected chi connectivity index (χ4v) is 16.7. The van der Waals surface area contributed by atoms with Gasteiger partial charge in [0.25, 0.3) is 17.7 Å². The van der Waals surface area contributed by atoms with Crippen molar-refractivity contribution >= 4 is 59.2 Å². The maximum absolute atomic E-state index is 13.3. The van der Waals surface area contributed by atoms with Gasteiger partial charge in [-0.25, -0.2) is 4.79 Å². The number of carbonyl (C=O) groups is 5. The van der Waals surface area contributed by atoms with Crippen molar-refractivity contribution in [2.75, 3.05) is 7.11 Å². The Kier molecular flexibility index (Phi) is 31.3. The second-order valence-corrected chi connectivity index (χ2v) is 32.4. The monoisotopic (exact) mass is 1770 g/mol. The number of carbonyl (C=O) groups excluding carboxylic acids is 5. The lowest BCUT2D eigenvalue weighted by Gasteiger charge is -2.41. The van der Waals surface area contributed by atoms with Crippen molar-refractivity contribution in [3.05, 3.63) is 384 Å². The van der Waals surface area contributed by atoms with Crippen LogP contribution >= 0.6 is 0 Å². The van der Waals surface area contributed by atoms with Crippen LogP contribution in [0.5, 0.6) is 0 Å². The second kappa shape index (κ2) is 45.1. The zero-order valence-electron chi connectivity index (χ0n) is 74.3. The largest absolute Gasteiger partial charge is 0.467 e. The molecule has 0 aliphatic carbocycles. The molecule has 26 heteroatoms. The first-order valence-corrected chi connectivity index (χ1v) is 44.6. The van der Waals surface area contributed by atoms with Crippen molar-refractivity contribution in [1.82, 2.24) is 24.5 Å². The summed E-state index contributed by atoms with van der Waals surface area (Å²) in [5.41, 5.74) is 8.47. The highest BCUT2D eigenvalue weighted by molar-refractivity contribution is 5.96.